The lowest BCUT2D eigenvalue weighted by Gasteiger charge is -2.24. The molecule has 0 amide bonds. The number of aliphatic imine (C=N–C) groups is 1. The number of aliphatic hydroxyl groups excluding tert-OH is 1. The van der Waals surface area contributed by atoms with Crippen molar-refractivity contribution in [3.8, 4) is 0 Å². The molecule has 4 rings (SSSR count). The summed E-state index contributed by atoms with van der Waals surface area (Å²) in [5, 5.41) is 15.3. The van der Waals surface area contributed by atoms with Crippen LogP contribution in [0.3, 0.4) is 0 Å². The maximum atomic E-state index is 13.5. The van der Waals surface area contributed by atoms with E-state index in [4.69, 9.17) is 4.74 Å². The number of aliphatic hydroxyl groups is 1. The molecular weight excluding hydrogens is 506 g/mol. The van der Waals surface area contributed by atoms with E-state index in [0.29, 0.717) is 23.7 Å². The average molecular weight is 529 g/mol. The summed E-state index contributed by atoms with van der Waals surface area (Å²) >= 11 is 4.56. The third kappa shape index (κ3) is 6.64. The molecule has 2 aromatic rings. The summed E-state index contributed by atoms with van der Waals surface area (Å²) in [5.41, 5.74) is 1.05. The first kappa shape index (κ1) is 24.4. The van der Waals surface area contributed by atoms with Crippen LogP contribution in [0.5, 0.6) is 0 Å². The summed E-state index contributed by atoms with van der Waals surface area (Å²) in [5.74, 6) is -0.0533. The molecule has 1 saturated heterocycles. The number of β-amino-alcohol motifs (C(OH)–C–C–N with tert-alkyl or cyclic N) is 1. The Hall–Kier alpha value is -2.21. The average Bonchev–Trinajstić information content (AvgIpc) is 3.39. The summed E-state index contributed by atoms with van der Waals surface area (Å²) in [7, 11) is 0. The molecule has 0 bridgehead atoms. The van der Waals surface area contributed by atoms with Crippen LogP contribution in [0.1, 0.15) is 11.9 Å². The summed E-state index contributed by atoms with van der Waals surface area (Å²) in [6.45, 7) is 2.87. The normalized spacial score (nSPS) is 20.8. The van der Waals surface area contributed by atoms with Gasteiger partial charge in [0.1, 0.15) is 12.0 Å². The van der Waals surface area contributed by atoms with Crippen molar-refractivity contribution < 1.29 is 23.4 Å². The van der Waals surface area contributed by atoms with Gasteiger partial charge in [-0.2, -0.15) is 0 Å². The fourth-order valence-electron chi connectivity index (χ4n) is 3.15. The Morgan fingerprint density at radius 2 is 2.25 bits per heavy atom. The fourth-order valence-corrected chi connectivity index (χ4v) is 4.12. The van der Waals surface area contributed by atoms with Crippen molar-refractivity contribution in [1.82, 2.24) is 15.2 Å². The van der Waals surface area contributed by atoms with Crippen LogP contribution < -0.4 is 5.32 Å². The van der Waals surface area contributed by atoms with E-state index in [2.05, 4.69) is 31.2 Å². The number of likely N-dealkylation sites (tertiary alicyclic amines) is 1. The van der Waals surface area contributed by atoms with E-state index in [1.165, 1.54) is 23.5 Å². The fraction of sp³-hybridized carbons (Fsp3) is 0.381. The quantitative estimate of drug-likeness (QED) is 0.580. The molecule has 0 aliphatic carbocycles. The van der Waals surface area contributed by atoms with Crippen LogP contribution in [0.25, 0.3) is 0 Å². The van der Waals surface area contributed by atoms with Gasteiger partial charge in [0.05, 0.1) is 24.8 Å². The molecule has 1 aromatic carbocycles. The molecule has 11 heteroatoms. The van der Waals surface area contributed by atoms with Crippen molar-refractivity contribution in [2.45, 2.75) is 19.2 Å². The van der Waals surface area contributed by atoms with Gasteiger partial charge in [0.2, 0.25) is 0 Å². The predicted molar refractivity (Wildman–Crippen MR) is 122 cm³/mol. The number of thiazole rings is 1. The lowest BCUT2D eigenvalue weighted by atomic mass is 10.1. The number of aromatic nitrogens is 1. The summed E-state index contributed by atoms with van der Waals surface area (Å²) in [4.78, 5) is 22.5. The number of hydrogen-bond donors (Lipinski definition) is 2. The van der Waals surface area contributed by atoms with E-state index in [9.17, 15) is 18.7 Å². The number of nitrogens with zero attached hydrogens (tertiary/aromatic N) is 3. The predicted octanol–water partition coefficient (Wildman–Crippen LogP) is 2.91. The summed E-state index contributed by atoms with van der Waals surface area (Å²) in [6, 6.07) is 6.26. The molecule has 2 atom stereocenters. The standard InChI is InChI=1S/C15H19FN4O3S.C6H4BrF/c1-2-23-15(22)9-5-18-13(14-17-3-4-24-14)19-11(9)7-20-6-10(16)12(21)8-20;7-5-2-1-3-6(8)4-5/h3-4,10,12,21H,2,5-8H2,1H3,(H,18,19);1-4H. The lowest BCUT2D eigenvalue weighted by molar-refractivity contribution is -0.138. The number of carbonyl (C=O) groups excluding carboxylic acids is 1. The minimum absolute atomic E-state index is 0.131. The molecule has 1 aromatic heterocycles. The second-order valence-electron chi connectivity index (χ2n) is 7.02. The van der Waals surface area contributed by atoms with Crippen LogP contribution in [0.2, 0.25) is 0 Å². The van der Waals surface area contributed by atoms with Crippen LogP contribution in [0, 0.1) is 5.82 Å². The van der Waals surface area contributed by atoms with Gasteiger partial charge in [-0.15, -0.1) is 11.3 Å². The van der Waals surface area contributed by atoms with Crippen molar-refractivity contribution in [2.75, 3.05) is 32.8 Å². The number of rotatable bonds is 5. The molecule has 172 valence electrons. The van der Waals surface area contributed by atoms with E-state index >= 15 is 0 Å². The molecule has 0 spiro atoms. The zero-order chi connectivity index (χ0) is 23.1. The van der Waals surface area contributed by atoms with E-state index in [1.807, 2.05) is 5.38 Å². The van der Waals surface area contributed by atoms with Crippen LogP contribution >= 0.6 is 27.3 Å². The number of esters is 1. The Morgan fingerprint density at radius 1 is 1.44 bits per heavy atom. The molecule has 2 aliphatic rings. The van der Waals surface area contributed by atoms with E-state index in [1.54, 1.807) is 30.2 Å². The highest BCUT2D eigenvalue weighted by molar-refractivity contribution is 9.10. The largest absolute Gasteiger partial charge is 0.463 e. The van der Waals surface area contributed by atoms with E-state index in [-0.39, 0.29) is 32.1 Å². The molecule has 2 N–H and O–H groups in total. The highest BCUT2D eigenvalue weighted by Gasteiger charge is 2.33. The van der Waals surface area contributed by atoms with Crippen molar-refractivity contribution in [2.24, 2.45) is 4.99 Å². The minimum Gasteiger partial charge on any atom is -0.463 e. The van der Waals surface area contributed by atoms with Gasteiger partial charge in [0.15, 0.2) is 10.8 Å². The third-order valence-electron chi connectivity index (χ3n) is 4.65. The summed E-state index contributed by atoms with van der Waals surface area (Å²) in [6.07, 6.45) is -0.585. The van der Waals surface area contributed by atoms with Gasteiger partial charge >= 0.3 is 5.97 Å². The molecular formula is C21H23BrF2N4O3S. The van der Waals surface area contributed by atoms with Gasteiger partial charge in [-0.1, -0.05) is 22.0 Å². The van der Waals surface area contributed by atoms with Gasteiger partial charge in [0.25, 0.3) is 0 Å². The number of alkyl halides is 1. The number of halogens is 3. The second kappa shape index (κ2) is 11.6. The Balaban J connectivity index is 0.000000305. The van der Waals surface area contributed by atoms with Crippen molar-refractivity contribution >= 4 is 39.1 Å². The van der Waals surface area contributed by atoms with Crippen molar-refractivity contribution in [3.05, 3.63) is 62.4 Å². The lowest BCUT2D eigenvalue weighted by Crippen LogP contribution is -2.38. The number of nitrogens with one attached hydrogen (secondary N) is 1. The zero-order valence-corrected chi connectivity index (χ0v) is 19.7. The number of amidine groups is 1. The molecule has 0 saturated carbocycles. The maximum Gasteiger partial charge on any atom is 0.337 e. The Kier molecular flexibility index (Phi) is 8.85. The third-order valence-corrected chi connectivity index (χ3v) is 5.92. The first-order valence-corrected chi connectivity index (χ1v) is 11.6. The van der Waals surface area contributed by atoms with Gasteiger partial charge in [0, 0.05) is 41.4 Å². The number of ether oxygens (including phenoxy) is 1. The molecule has 32 heavy (non-hydrogen) atoms. The zero-order valence-electron chi connectivity index (χ0n) is 17.3. The molecule has 2 aliphatic heterocycles. The number of benzene rings is 1. The Labute approximate surface area is 197 Å². The van der Waals surface area contributed by atoms with Gasteiger partial charge < -0.3 is 15.2 Å². The van der Waals surface area contributed by atoms with Gasteiger partial charge in [-0.25, -0.2) is 18.6 Å². The Morgan fingerprint density at radius 3 is 2.81 bits per heavy atom. The smallest absolute Gasteiger partial charge is 0.337 e. The topological polar surface area (TPSA) is 87.0 Å². The first-order chi connectivity index (χ1) is 15.4. The van der Waals surface area contributed by atoms with Crippen molar-refractivity contribution in [3.63, 3.8) is 0 Å². The summed E-state index contributed by atoms with van der Waals surface area (Å²) < 4.78 is 31.5. The maximum absolute atomic E-state index is 13.5. The number of carbonyl (C=O) groups is 1. The molecule has 7 nitrogen and oxygen atoms in total. The second-order valence-corrected chi connectivity index (χ2v) is 8.83. The van der Waals surface area contributed by atoms with E-state index in [0.717, 1.165) is 9.48 Å². The number of hydrogen-bond acceptors (Lipinski definition) is 8. The van der Waals surface area contributed by atoms with Crippen LogP contribution in [0.15, 0.2) is 56.6 Å². The molecule has 1 fully saturated rings. The van der Waals surface area contributed by atoms with Gasteiger partial charge in [-0.3, -0.25) is 9.89 Å². The van der Waals surface area contributed by atoms with Gasteiger partial charge in [-0.05, 0) is 25.1 Å². The molecule has 0 radical (unpaired) electrons. The van der Waals surface area contributed by atoms with Crippen LogP contribution in [-0.2, 0) is 9.53 Å². The highest BCUT2D eigenvalue weighted by Crippen LogP contribution is 2.19. The highest BCUT2D eigenvalue weighted by atomic mass is 79.9. The monoisotopic (exact) mass is 528 g/mol. The minimum atomic E-state index is -1.27. The first-order valence-electron chi connectivity index (χ1n) is 9.93. The van der Waals surface area contributed by atoms with Crippen LogP contribution in [0.4, 0.5) is 8.78 Å². The molecule has 2 unspecified atom stereocenters. The molecule has 3 heterocycles. The van der Waals surface area contributed by atoms with Crippen LogP contribution in [-0.4, -0.2) is 71.9 Å². The van der Waals surface area contributed by atoms with Crippen molar-refractivity contribution in [1.29, 1.82) is 0 Å². The van der Waals surface area contributed by atoms with E-state index < -0.39 is 18.2 Å². The SMILES string of the molecule is CCOC(=O)C1=C(CN2CC(O)C(F)C2)NC(c2nccs2)=NC1.Fc1cccc(Br)c1. The Bertz CT molecular complexity index is 960.